The molecule has 0 aliphatic carbocycles. The van der Waals surface area contributed by atoms with Gasteiger partial charge in [-0.3, -0.25) is 15.1 Å². The van der Waals surface area contributed by atoms with Crippen LogP contribution in [0.2, 0.25) is 0 Å². The van der Waals surface area contributed by atoms with Crippen molar-refractivity contribution in [3.05, 3.63) is 64.6 Å². The van der Waals surface area contributed by atoms with Gasteiger partial charge < -0.3 is 10.2 Å². The Kier molecular flexibility index (Phi) is 4.84. The second-order valence-corrected chi connectivity index (χ2v) is 6.77. The lowest BCUT2D eigenvalue weighted by Crippen LogP contribution is -2.17. The number of nitrogens with one attached hydrogen (secondary N) is 1. The first-order chi connectivity index (χ1) is 13.6. The molecule has 142 valence electrons. The van der Waals surface area contributed by atoms with Crippen molar-refractivity contribution < 1.29 is 4.92 Å². The van der Waals surface area contributed by atoms with E-state index < -0.39 is 4.92 Å². The van der Waals surface area contributed by atoms with Crippen molar-refractivity contribution in [2.24, 2.45) is 0 Å². The molecule has 1 aromatic carbocycles. The number of anilines is 3. The van der Waals surface area contributed by atoms with Crippen LogP contribution in [0.25, 0.3) is 11.3 Å². The molecular weight excluding hydrogens is 356 g/mol. The zero-order valence-corrected chi connectivity index (χ0v) is 15.5. The molecule has 0 unspecified atom stereocenters. The number of hydrogen-bond acceptors (Lipinski definition) is 7. The third-order valence-electron chi connectivity index (χ3n) is 4.82. The summed E-state index contributed by atoms with van der Waals surface area (Å²) in [7, 11) is 0. The number of nitrogens with zero attached hydrogens (tertiary/aromatic N) is 5. The summed E-state index contributed by atoms with van der Waals surface area (Å²) < 4.78 is 0. The van der Waals surface area contributed by atoms with Crippen LogP contribution in [0.5, 0.6) is 0 Å². The third kappa shape index (κ3) is 3.75. The quantitative estimate of drug-likeness (QED) is 0.529. The van der Waals surface area contributed by atoms with Crippen LogP contribution in [-0.4, -0.2) is 33.0 Å². The summed E-state index contributed by atoms with van der Waals surface area (Å²) in [6.07, 6.45) is 7.73. The Morgan fingerprint density at radius 1 is 1.14 bits per heavy atom. The topological polar surface area (TPSA) is 97.1 Å². The van der Waals surface area contributed by atoms with Crippen LogP contribution < -0.4 is 10.2 Å². The molecule has 1 aliphatic rings. The van der Waals surface area contributed by atoms with Crippen LogP contribution in [-0.2, 0) is 0 Å². The van der Waals surface area contributed by atoms with E-state index in [1.165, 1.54) is 25.0 Å². The van der Waals surface area contributed by atoms with Gasteiger partial charge in [0, 0.05) is 43.2 Å². The molecule has 2 aromatic heterocycles. The molecule has 3 aromatic rings. The maximum absolute atomic E-state index is 11.0. The lowest BCUT2D eigenvalue weighted by molar-refractivity contribution is -0.384. The average molecular weight is 376 g/mol. The Bertz CT molecular complexity index is 1020. The molecule has 3 heterocycles. The maximum Gasteiger partial charge on any atom is 0.271 e. The van der Waals surface area contributed by atoms with Gasteiger partial charge in [-0.25, -0.2) is 9.97 Å². The van der Waals surface area contributed by atoms with Gasteiger partial charge in [-0.15, -0.1) is 0 Å². The number of pyridine rings is 1. The monoisotopic (exact) mass is 376 g/mol. The number of aryl methyl sites for hydroxylation is 1. The molecule has 0 atom stereocenters. The van der Waals surface area contributed by atoms with E-state index in [0.717, 1.165) is 35.6 Å². The fourth-order valence-electron chi connectivity index (χ4n) is 3.27. The van der Waals surface area contributed by atoms with E-state index in [1.807, 2.05) is 19.2 Å². The van der Waals surface area contributed by atoms with Crippen molar-refractivity contribution in [2.75, 3.05) is 23.3 Å². The molecule has 0 saturated carbocycles. The van der Waals surface area contributed by atoms with Gasteiger partial charge in [0.1, 0.15) is 0 Å². The van der Waals surface area contributed by atoms with Crippen LogP contribution in [0.1, 0.15) is 18.4 Å². The SMILES string of the molecule is Cc1ccc([N+](=O)[O-])cc1Nc1nccc(-c2cncc(N3CCCC3)c2)n1. The van der Waals surface area contributed by atoms with Crippen molar-refractivity contribution in [2.45, 2.75) is 19.8 Å². The van der Waals surface area contributed by atoms with Crippen molar-refractivity contribution >= 4 is 23.0 Å². The molecular formula is C20H20N6O2. The molecule has 0 radical (unpaired) electrons. The van der Waals surface area contributed by atoms with Crippen LogP contribution in [0, 0.1) is 17.0 Å². The Balaban J connectivity index is 1.61. The van der Waals surface area contributed by atoms with E-state index in [-0.39, 0.29) is 5.69 Å². The summed E-state index contributed by atoms with van der Waals surface area (Å²) in [6.45, 7) is 3.97. The Morgan fingerprint density at radius 3 is 2.75 bits per heavy atom. The number of non-ortho nitro benzene ring substituents is 1. The highest BCUT2D eigenvalue weighted by Gasteiger charge is 2.14. The van der Waals surface area contributed by atoms with E-state index in [9.17, 15) is 10.1 Å². The number of aromatic nitrogens is 3. The number of hydrogen-bond donors (Lipinski definition) is 1. The number of benzene rings is 1. The van der Waals surface area contributed by atoms with Crippen LogP contribution in [0.4, 0.5) is 23.0 Å². The van der Waals surface area contributed by atoms with E-state index in [1.54, 1.807) is 18.5 Å². The standard InChI is InChI=1S/C20H20N6O2/c1-14-4-5-16(26(27)28)11-19(14)24-20-22-7-6-18(23-20)15-10-17(13-21-12-15)25-8-2-3-9-25/h4-7,10-13H,2-3,8-9H2,1H3,(H,22,23,24). The smallest absolute Gasteiger partial charge is 0.271 e. The van der Waals surface area contributed by atoms with E-state index in [0.29, 0.717) is 11.6 Å². The second-order valence-electron chi connectivity index (χ2n) is 6.77. The van der Waals surface area contributed by atoms with Gasteiger partial charge in [0.25, 0.3) is 5.69 Å². The van der Waals surface area contributed by atoms with Gasteiger partial charge in [0.05, 0.1) is 28.2 Å². The summed E-state index contributed by atoms with van der Waals surface area (Å²) in [6, 6.07) is 8.58. The lowest BCUT2D eigenvalue weighted by atomic mass is 10.2. The summed E-state index contributed by atoms with van der Waals surface area (Å²) in [4.78, 5) is 26.1. The fourth-order valence-corrected chi connectivity index (χ4v) is 3.27. The highest BCUT2D eigenvalue weighted by Crippen LogP contribution is 2.27. The van der Waals surface area contributed by atoms with Crippen molar-refractivity contribution in [3.63, 3.8) is 0 Å². The minimum Gasteiger partial charge on any atom is -0.370 e. The minimum atomic E-state index is -0.419. The number of nitro groups is 1. The van der Waals surface area contributed by atoms with Crippen LogP contribution >= 0.6 is 0 Å². The molecule has 1 fully saturated rings. The molecule has 1 N–H and O–H groups in total. The maximum atomic E-state index is 11.0. The summed E-state index contributed by atoms with van der Waals surface area (Å²) >= 11 is 0. The number of rotatable bonds is 5. The molecule has 28 heavy (non-hydrogen) atoms. The van der Waals surface area contributed by atoms with Gasteiger partial charge in [0.15, 0.2) is 0 Å². The van der Waals surface area contributed by atoms with E-state index >= 15 is 0 Å². The molecule has 1 saturated heterocycles. The highest BCUT2D eigenvalue weighted by atomic mass is 16.6. The van der Waals surface area contributed by atoms with Crippen molar-refractivity contribution in [3.8, 4) is 11.3 Å². The number of nitro benzene ring substituents is 1. The second kappa shape index (κ2) is 7.59. The summed E-state index contributed by atoms with van der Waals surface area (Å²) in [5.74, 6) is 0.382. The molecule has 8 nitrogen and oxygen atoms in total. The van der Waals surface area contributed by atoms with Crippen molar-refractivity contribution in [1.82, 2.24) is 15.0 Å². The first-order valence-electron chi connectivity index (χ1n) is 9.15. The normalized spacial score (nSPS) is 13.5. The van der Waals surface area contributed by atoms with Gasteiger partial charge >= 0.3 is 0 Å². The van der Waals surface area contributed by atoms with Gasteiger partial charge in [-0.2, -0.15) is 0 Å². The molecule has 0 amide bonds. The first kappa shape index (κ1) is 17.8. The van der Waals surface area contributed by atoms with Gasteiger partial charge in [0.2, 0.25) is 5.95 Å². The Morgan fingerprint density at radius 2 is 1.96 bits per heavy atom. The predicted molar refractivity (Wildman–Crippen MR) is 108 cm³/mol. The zero-order chi connectivity index (χ0) is 19.5. The molecule has 0 spiro atoms. The Labute approximate surface area is 162 Å². The van der Waals surface area contributed by atoms with Crippen LogP contribution in [0.3, 0.4) is 0 Å². The highest BCUT2D eigenvalue weighted by molar-refractivity contribution is 5.67. The van der Waals surface area contributed by atoms with Crippen molar-refractivity contribution in [1.29, 1.82) is 0 Å². The summed E-state index contributed by atoms with van der Waals surface area (Å²) in [5, 5.41) is 14.1. The largest absolute Gasteiger partial charge is 0.370 e. The zero-order valence-electron chi connectivity index (χ0n) is 15.5. The van der Waals surface area contributed by atoms with E-state index in [2.05, 4.69) is 31.2 Å². The molecule has 0 bridgehead atoms. The average Bonchev–Trinajstić information content (AvgIpc) is 3.25. The molecule has 1 aliphatic heterocycles. The third-order valence-corrected chi connectivity index (χ3v) is 4.82. The van der Waals surface area contributed by atoms with E-state index in [4.69, 9.17) is 0 Å². The van der Waals surface area contributed by atoms with Gasteiger partial charge in [-0.1, -0.05) is 6.07 Å². The minimum absolute atomic E-state index is 0.0202. The van der Waals surface area contributed by atoms with Crippen LogP contribution in [0.15, 0.2) is 48.9 Å². The predicted octanol–water partition coefficient (Wildman–Crippen LogP) is 4.10. The fraction of sp³-hybridized carbons (Fsp3) is 0.250. The molecule has 8 heteroatoms. The Hall–Kier alpha value is -3.55. The first-order valence-corrected chi connectivity index (χ1v) is 9.15. The lowest BCUT2D eigenvalue weighted by Gasteiger charge is -2.17. The van der Waals surface area contributed by atoms with Gasteiger partial charge in [-0.05, 0) is 37.5 Å². The molecule has 4 rings (SSSR count). The summed E-state index contributed by atoms with van der Waals surface area (Å²) in [5.41, 5.74) is 4.25.